The van der Waals surface area contributed by atoms with Crippen molar-refractivity contribution >= 4 is 16.1 Å². The summed E-state index contributed by atoms with van der Waals surface area (Å²) < 4.78 is 31.8. The van der Waals surface area contributed by atoms with Gasteiger partial charge in [0.25, 0.3) is 15.8 Å². The van der Waals surface area contributed by atoms with Gasteiger partial charge in [-0.2, -0.15) is 8.42 Å². The number of fused-ring (bicyclic) bond motifs is 1. The SMILES string of the molecule is CC1=CC(N)C(C)(C2(C(=O)O)N=c3ccc(S(=O)(=O)O)cc3=N2)C=C1. The van der Waals surface area contributed by atoms with E-state index in [-0.39, 0.29) is 15.6 Å². The van der Waals surface area contributed by atoms with E-state index in [1.807, 2.05) is 6.92 Å². The second-order valence-corrected chi connectivity index (χ2v) is 7.80. The highest BCUT2D eigenvalue weighted by Gasteiger charge is 2.57. The second-order valence-electron chi connectivity index (χ2n) is 6.38. The van der Waals surface area contributed by atoms with Gasteiger partial charge in [-0.3, -0.25) is 4.55 Å². The molecule has 25 heavy (non-hydrogen) atoms. The first kappa shape index (κ1) is 17.5. The van der Waals surface area contributed by atoms with Crippen LogP contribution in [0.3, 0.4) is 0 Å². The Morgan fingerprint density at radius 1 is 1.28 bits per heavy atom. The number of hydrogen-bond donors (Lipinski definition) is 3. The topological polar surface area (TPSA) is 142 Å². The maximum absolute atomic E-state index is 12.1. The average molecular weight is 363 g/mol. The molecule has 0 radical (unpaired) electrons. The average Bonchev–Trinajstić information content (AvgIpc) is 2.91. The summed E-state index contributed by atoms with van der Waals surface area (Å²) in [6.45, 7) is 3.49. The molecule has 4 N–H and O–H groups in total. The van der Waals surface area contributed by atoms with Crippen LogP contribution < -0.4 is 16.4 Å². The molecule has 0 saturated carbocycles. The zero-order valence-electron chi connectivity index (χ0n) is 13.5. The first-order chi connectivity index (χ1) is 11.5. The smallest absolute Gasteiger partial charge is 0.355 e. The molecule has 1 aromatic carbocycles. The van der Waals surface area contributed by atoms with E-state index in [1.54, 1.807) is 25.2 Å². The number of allylic oxidation sites excluding steroid dienone is 2. The third-order valence-electron chi connectivity index (χ3n) is 4.69. The van der Waals surface area contributed by atoms with Crippen molar-refractivity contribution < 1.29 is 22.9 Å². The van der Waals surface area contributed by atoms with E-state index in [1.165, 1.54) is 6.07 Å². The molecule has 3 rings (SSSR count). The standard InChI is InChI=1S/C16H17N3O5S/c1-9-5-6-15(2,13(17)7-9)16(14(20)21)18-11-4-3-10(25(22,23)24)8-12(11)19-16/h3-8,13H,17H2,1-2H3,(H,20,21)(H,22,23,24). The molecule has 1 aliphatic carbocycles. The number of hydrogen-bond acceptors (Lipinski definition) is 6. The summed E-state index contributed by atoms with van der Waals surface area (Å²) in [6.07, 6.45) is 5.16. The Kier molecular flexibility index (Phi) is 3.71. The van der Waals surface area contributed by atoms with Gasteiger partial charge in [-0.05, 0) is 32.0 Å². The van der Waals surface area contributed by atoms with Crippen LogP contribution in [-0.2, 0) is 14.9 Å². The summed E-state index contributed by atoms with van der Waals surface area (Å²) in [5, 5.41) is 10.2. The zero-order valence-corrected chi connectivity index (χ0v) is 14.4. The predicted octanol–water partition coefficient (Wildman–Crippen LogP) is -0.183. The van der Waals surface area contributed by atoms with Gasteiger partial charge in [0, 0.05) is 6.04 Å². The normalized spacial score (nSPS) is 30.9. The van der Waals surface area contributed by atoms with Crippen molar-refractivity contribution in [3.05, 3.63) is 52.7 Å². The number of benzene rings is 1. The van der Waals surface area contributed by atoms with Crippen LogP contribution in [0.1, 0.15) is 13.8 Å². The lowest BCUT2D eigenvalue weighted by Crippen LogP contribution is -2.57. The number of carbonyl (C=O) groups is 1. The molecule has 0 bridgehead atoms. The van der Waals surface area contributed by atoms with Crippen molar-refractivity contribution in [2.75, 3.05) is 0 Å². The van der Waals surface area contributed by atoms with E-state index < -0.39 is 33.2 Å². The molecule has 1 aliphatic heterocycles. The van der Waals surface area contributed by atoms with Gasteiger partial charge in [-0.15, -0.1) is 0 Å². The molecule has 0 fully saturated rings. The van der Waals surface area contributed by atoms with E-state index in [0.29, 0.717) is 0 Å². The lowest BCUT2D eigenvalue weighted by atomic mass is 9.69. The largest absolute Gasteiger partial charge is 0.478 e. The molecule has 3 atom stereocenters. The Labute approximate surface area is 143 Å². The Hall–Kier alpha value is -2.36. The van der Waals surface area contributed by atoms with Crippen molar-refractivity contribution in [1.29, 1.82) is 0 Å². The molecule has 0 spiro atoms. The fourth-order valence-electron chi connectivity index (χ4n) is 3.06. The van der Waals surface area contributed by atoms with E-state index in [0.717, 1.165) is 17.7 Å². The van der Waals surface area contributed by atoms with Gasteiger partial charge in [0.2, 0.25) is 0 Å². The Morgan fingerprint density at radius 3 is 2.48 bits per heavy atom. The fraction of sp³-hybridized carbons (Fsp3) is 0.312. The van der Waals surface area contributed by atoms with Crippen LogP contribution in [0.15, 0.2) is 56.9 Å². The molecule has 3 unspecified atom stereocenters. The lowest BCUT2D eigenvalue weighted by Gasteiger charge is -2.41. The molecule has 1 aromatic rings. The van der Waals surface area contributed by atoms with Crippen LogP contribution in [0.4, 0.5) is 0 Å². The molecule has 8 nitrogen and oxygen atoms in total. The first-order valence-corrected chi connectivity index (χ1v) is 8.87. The van der Waals surface area contributed by atoms with Gasteiger partial charge in [0.15, 0.2) is 0 Å². The molecule has 0 saturated heterocycles. The van der Waals surface area contributed by atoms with Crippen molar-refractivity contribution in [3.63, 3.8) is 0 Å². The van der Waals surface area contributed by atoms with Gasteiger partial charge in [0.05, 0.1) is 21.0 Å². The summed E-state index contributed by atoms with van der Waals surface area (Å²) in [5.74, 6) is -1.30. The maximum atomic E-state index is 12.1. The summed E-state index contributed by atoms with van der Waals surface area (Å²) in [5.41, 5.74) is 4.00. The van der Waals surface area contributed by atoms with Gasteiger partial charge in [-0.1, -0.05) is 23.8 Å². The minimum absolute atomic E-state index is 0.0747. The predicted molar refractivity (Wildman–Crippen MR) is 87.9 cm³/mol. The summed E-state index contributed by atoms with van der Waals surface area (Å²) in [7, 11) is -4.44. The molecular weight excluding hydrogens is 346 g/mol. The van der Waals surface area contributed by atoms with Gasteiger partial charge >= 0.3 is 5.97 Å². The van der Waals surface area contributed by atoms with E-state index in [2.05, 4.69) is 9.98 Å². The molecule has 132 valence electrons. The number of nitrogens with two attached hydrogens (primary N) is 1. The fourth-order valence-corrected chi connectivity index (χ4v) is 3.57. The number of rotatable bonds is 3. The van der Waals surface area contributed by atoms with Gasteiger partial charge in [-0.25, -0.2) is 14.8 Å². The van der Waals surface area contributed by atoms with Gasteiger partial charge in [0.1, 0.15) is 0 Å². The van der Waals surface area contributed by atoms with E-state index in [4.69, 9.17) is 5.73 Å². The van der Waals surface area contributed by atoms with E-state index in [9.17, 15) is 22.9 Å². The molecule has 2 aliphatic rings. The number of nitrogens with zero attached hydrogens (tertiary/aromatic N) is 2. The monoisotopic (exact) mass is 363 g/mol. The highest BCUT2D eigenvalue weighted by molar-refractivity contribution is 7.85. The lowest BCUT2D eigenvalue weighted by molar-refractivity contribution is -0.147. The quantitative estimate of drug-likeness (QED) is 0.636. The van der Waals surface area contributed by atoms with Crippen LogP contribution in [-0.4, -0.2) is 35.8 Å². The number of carboxylic acids is 1. The van der Waals surface area contributed by atoms with Crippen LogP contribution in [0, 0.1) is 5.41 Å². The van der Waals surface area contributed by atoms with Crippen molar-refractivity contribution in [3.8, 4) is 0 Å². The van der Waals surface area contributed by atoms with Crippen molar-refractivity contribution in [2.24, 2.45) is 21.1 Å². The number of carboxylic acid groups (broad SMARTS) is 1. The minimum Gasteiger partial charge on any atom is -0.478 e. The molecule has 1 heterocycles. The van der Waals surface area contributed by atoms with Crippen LogP contribution in [0.25, 0.3) is 0 Å². The zero-order chi connectivity index (χ0) is 18.6. The first-order valence-electron chi connectivity index (χ1n) is 7.43. The van der Waals surface area contributed by atoms with E-state index >= 15 is 0 Å². The van der Waals surface area contributed by atoms with Crippen molar-refractivity contribution in [2.45, 2.75) is 30.4 Å². The van der Waals surface area contributed by atoms with Gasteiger partial charge < -0.3 is 10.8 Å². The molecule has 0 aromatic heterocycles. The summed E-state index contributed by atoms with van der Waals surface area (Å²) in [4.78, 5) is 20.3. The molecule has 0 amide bonds. The Morgan fingerprint density at radius 2 is 1.92 bits per heavy atom. The highest BCUT2D eigenvalue weighted by Crippen LogP contribution is 2.43. The molecule has 9 heteroatoms. The van der Waals surface area contributed by atoms with Crippen LogP contribution in [0.5, 0.6) is 0 Å². The Balaban J connectivity index is 2.27. The third-order valence-corrected chi connectivity index (χ3v) is 5.54. The Bertz CT molecular complexity index is 1060. The molecular formula is C16H17N3O5S. The second kappa shape index (κ2) is 5.32. The minimum atomic E-state index is -4.44. The van der Waals surface area contributed by atoms with Crippen LogP contribution in [0.2, 0.25) is 0 Å². The summed E-state index contributed by atoms with van der Waals surface area (Å²) >= 11 is 0. The maximum Gasteiger partial charge on any atom is 0.355 e. The van der Waals surface area contributed by atoms with Crippen molar-refractivity contribution in [1.82, 2.24) is 0 Å². The summed E-state index contributed by atoms with van der Waals surface area (Å²) in [6, 6.07) is 2.90. The highest BCUT2D eigenvalue weighted by atomic mass is 32.2. The number of aliphatic carboxylic acids is 1. The third kappa shape index (κ3) is 2.51. The van der Waals surface area contributed by atoms with Crippen LogP contribution >= 0.6 is 0 Å².